The standard InChI is InChI=1S/C18H25N5O3S.C7H14/c1-12(11-19-17-22-14-5-3-4-6-15(14)27-17)20-16(24)13(2)21-18(25)23-7-9-26-10-8-23;1-7-5-3-2-4-6-7/h3-6,12-13H,7-11H2,1-2H3,(H,19,22)(H,20,24)(H,21,25);7H,2-6H2,1H3/t12-,13-;/m0./s1. The van der Waals surface area contributed by atoms with Crippen molar-refractivity contribution in [3.63, 3.8) is 0 Å². The lowest BCUT2D eigenvalue weighted by Gasteiger charge is -2.28. The fourth-order valence-corrected chi connectivity index (χ4v) is 4.89. The maximum Gasteiger partial charge on any atom is 0.318 e. The molecule has 0 bridgehead atoms. The van der Waals surface area contributed by atoms with E-state index in [9.17, 15) is 9.59 Å². The molecule has 3 amide bonds. The minimum absolute atomic E-state index is 0.104. The Kier molecular flexibility index (Phi) is 10.4. The second-order valence-corrected chi connectivity index (χ2v) is 10.3. The Hall–Kier alpha value is -2.39. The molecule has 2 heterocycles. The molecule has 1 aromatic heterocycles. The summed E-state index contributed by atoms with van der Waals surface area (Å²) < 4.78 is 6.35. The number of thiazole rings is 1. The van der Waals surface area contributed by atoms with E-state index in [0.717, 1.165) is 21.3 Å². The van der Waals surface area contributed by atoms with Gasteiger partial charge in [0.15, 0.2) is 5.13 Å². The van der Waals surface area contributed by atoms with E-state index in [4.69, 9.17) is 4.74 Å². The van der Waals surface area contributed by atoms with E-state index in [1.807, 2.05) is 31.2 Å². The van der Waals surface area contributed by atoms with Gasteiger partial charge in [0.25, 0.3) is 0 Å². The molecule has 9 heteroatoms. The number of aromatic nitrogens is 1. The van der Waals surface area contributed by atoms with Gasteiger partial charge in [-0.15, -0.1) is 0 Å². The Morgan fingerprint density at radius 1 is 1.12 bits per heavy atom. The first-order chi connectivity index (χ1) is 16.4. The molecule has 4 rings (SSSR count). The first kappa shape index (κ1) is 26.2. The second-order valence-electron chi connectivity index (χ2n) is 9.29. The highest BCUT2D eigenvalue weighted by atomic mass is 32.1. The van der Waals surface area contributed by atoms with Crippen molar-refractivity contribution in [2.45, 2.75) is 65.0 Å². The summed E-state index contributed by atoms with van der Waals surface area (Å²) in [6.07, 6.45) is 7.44. The van der Waals surface area contributed by atoms with Crippen LogP contribution >= 0.6 is 11.3 Å². The molecular weight excluding hydrogens is 450 g/mol. The minimum Gasteiger partial charge on any atom is -0.378 e. The third-order valence-corrected chi connectivity index (χ3v) is 7.16. The number of amides is 3. The summed E-state index contributed by atoms with van der Waals surface area (Å²) in [5.74, 6) is 0.823. The normalized spacial score (nSPS) is 18.4. The van der Waals surface area contributed by atoms with E-state index in [0.29, 0.717) is 32.8 Å². The molecule has 34 heavy (non-hydrogen) atoms. The monoisotopic (exact) mass is 489 g/mol. The van der Waals surface area contributed by atoms with Crippen molar-refractivity contribution < 1.29 is 14.3 Å². The number of anilines is 1. The van der Waals surface area contributed by atoms with Gasteiger partial charge >= 0.3 is 6.03 Å². The highest BCUT2D eigenvalue weighted by Crippen LogP contribution is 2.25. The number of carbonyl (C=O) groups excluding carboxylic acids is 2. The van der Waals surface area contributed by atoms with Crippen LogP contribution in [0.2, 0.25) is 0 Å². The SMILES string of the molecule is CC1CCCCC1.C[C@H](NC(=O)N1CCOCC1)C(=O)N[C@@H](C)CNc1nc2ccccc2s1. The van der Waals surface area contributed by atoms with E-state index >= 15 is 0 Å². The number of nitrogens with zero attached hydrogens (tertiary/aromatic N) is 2. The Morgan fingerprint density at radius 2 is 1.82 bits per heavy atom. The highest BCUT2D eigenvalue weighted by molar-refractivity contribution is 7.22. The Bertz CT molecular complexity index is 876. The summed E-state index contributed by atoms with van der Waals surface area (Å²) in [5.41, 5.74) is 0.959. The number of hydrogen-bond acceptors (Lipinski definition) is 6. The first-order valence-electron chi connectivity index (χ1n) is 12.5. The van der Waals surface area contributed by atoms with Gasteiger partial charge < -0.3 is 25.6 Å². The van der Waals surface area contributed by atoms with E-state index in [1.54, 1.807) is 23.2 Å². The summed E-state index contributed by atoms with van der Waals surface area (Å²) in [4.78, 5) is 30.6. The summed E-state index contributed by atoms with van der Waals surface area (Å²) in [5, 5.41) is 9.72. The number of nitrogens with one attached hydrogen (secondary N) is 3. The summed E-state index contributed by atoms with van der Waals surface area (Å²) >= 11 is 1.58. The lowest BCUT2D eigenvalue weighted by Crippen LogP contribution is -2.53. The van der Waals surface area contributed by atoms with Crippen molar-refractivity contribution in [3.8, 4) is 0 Å². The van der Waals surface area contributed by atoms with E-state index in [1.165, 1.54) is 32.1 Å². The molecule has 2 fully saturated rings. The number of ether oxygens (including phenoxy) is 1. The maximum atomic E-state index is 12.3. The zero-order valence-corrected chi connectivity index (χ0v) is 21.5. The average molecular weight is 490 g/mol. The zero-order chi connectivity index (χ0) is 24.3. The third kappa shape index (κ3) is 8.43. The molecule has 1 saturated carbocycles. The van der Waals surface area contributed by atoms with Gasteiger partial charge in [-0.2, -0.15) is 0 Å². The van der Waals surface area contributed by atoms with Gasteiger partial charge in [0, 0.05) is 25.7 Å². The smallest absolute Gasteiger partial charge is 0.318 e. The van der Waals surface area contributed by atoms with Gasteiger partial charge in [0.1, 0.15) is 6.04 Å². The second kappa shape index (κ2) is 13.5. The Balaban J connectivity index is 0.000000396. The minimum atomic E-state index is -0.606. The molecule has 0 unspecified atom stereocenters. The zero-order valence-electron chi connectivity index (χ0n) is 20.6. The largest absolute Gasteiger partial charge is 0.378 e. The van der Waals surface area contributed by atoms with Crippen molar-refractivity contribution in [1.29, 1.82) is 0 Å². The first-order valence-corrected chi connectivity index (χ1v) is 13.3. The van der Waals surface area contributed by atoms with Gasteiger partial charge in [-0.25, -0.2) is 9.78 Å². The van der Waals surface area contributed by atoms with Crippen LogP contribution in [-0.2, 0) is 9.53 Å². The molecule has 1 aliphatic heterocycles. The summed E-state index contributed by atoms with van der Waals surface area (Å²) in [6, 6.07) is 7.00. The Morgan fingerprint density at radius 3 is 2.47 bits per heavy atom. The van der Waals surface area contributed by atoms with E-state index < -0.39 is 6.04 Å². The number of morpholine rings is 1. The quantitative estimate of drug-likeness (QED) is 0.564. The molecule has 0 radical (unpaired) electrons. The van der Waals surface area contributed by atoms with Crippen LogP contribution in [0.15, 0.2) is 24.3 Å². The van der Waals surface area contributed by atoms with Crippen molar-refractivity contribution in [3.05, 3.63) is 24.3 Å². The van der Waals surface area contributed by atoms with Crippen LogP contribution in [-0.4, -0.2) is 66.8 Å². The molecule has 0 spiro atoms. The van der Waals surface area contributed by atoms with Gasteiger partial charge in [-0.3, -0.25) is 4.79 Å². The number of urea groups is 1. The summed E-state index contributed by atoms with van der Waals surface area (Å²) in [7, 11) is 0. The molecule has 3 N–H and O–H groups in total. The maximum absolute atomic E-state index is 12.3. The summed E-state index contributed by atoms with van der Waals surface area (Å²) in [6.45, 7) is 8.65. The fraction of sp³-hybridized carbons (Fsp3) is 0.640. The van der Waals surface area contributed by atoms with Crippen molar-refractivity contribution in [2.75, 3.05) is 38.2 Å². The molecule has 188 valence electrons. The van der Waals surface area contributed by atoms with Crippen LogP contribution in [0.25, 0.3) is 10.2 Å². The molecule has 2 aromatic rings. The van der Waals surface area contributed by atoms with Crippen LogP contribution in [0.4, 0.5) is 9.93 Å². The lowest BCUT2D eigenvalue weighted by atomic mass is 9.91. The van der Waals surface area contributed by atoms with Crippen LogP contribution < -0.4 is 16.0 Å². The predicted octanol–water partition coefficient (Wildman–Crippen LogP) is 4.23. The number of rotatable bonds is 6. The van der Waals surface area contributed by atoms with Gasteiger partial charge in [-0.1, -0.05) is 62.5 Å². The lowest BCUT2D eigenvalue weighted by molar-refractivity contribution is -0.123. The van der Waals surface area contributed by atoms with Gasteiger partial charge in [0.2, 0.25) is 5.91 Å². The number of para-hydroxylation sites is 1. The van der Waals surface area contributed by atoms with Crippen molar-refractivity contribution in [2.24, 2.45) is 5.92 Å². The molecule has 2 aliphatic rings. The molecule has 2 atom stereocenters. The molecule has 1 aromatic carbocycles. The van der Waals surface area contributed by atoms with Gasteiger partial charge in [-0.05, 0) is 31.9 Å². The average Bonchev–Trinajstić information content (AvgIpc) is 3.27. The van der Waals surface area contributed by atoms with Crippen LogP contribution in [0.1, 0.15) is 52.9 Å². The molecule has 1 saturated heterocycles. The number of fused-ring (bicyclic) bond motifs is 1. The van der Waals surface area contributed by atoms with Crippen LogP contribution in [0.5, 0.6) is 0 Å². The number of hydrogen-bond donors (Lipinski definition) is 3. The molecular formula is C25H39N5O3S. The van der Waals surface area contributed by atoms with Crippen molar-refractivity contribution >= 4 is 38.6 Å². The van der Waals surface area contributed by atoms with Crippen molar-refractivity contribution in [1.82, 2.24) is 20.5 Å². The Labute approximate surface area is 206 Å². The highest BCUT2D eigenvalue weighted by Gasteiger charge is 2.22. The van der Waals surface area contributed by atoms with E-state index in [2.05, 4.69) is 27.9 Å². The topological polar surface area (TPSA) is 95.6 Å². The van der Waals surface area contributed by atoms with E-state index in [-0.39, 0.29) is 18.0 Å². The predicted molar refractivity (Wildman–Crippen MR) is 138 cm³/mol. The number of benzene rings is 1. The number of carbonyl (C=O) groups is 2. The fourth-order valence-electron chi connectivity index (χ4n) is 4.02. The van der Waals surface area contributed by atoms with Crippen LogP contribution in [0.3, 0.4) is 0 Å². The molecule has 8 nitrogen and oxygen atoms in total. The van der Waals surface area contributed by atoms with Gasteiger partial charge in [0.05, 0.1) is 23.4 Å². The molecule has 1 aliphatic carbocycles. The third-order valence-electron chi connectivity index (χ3n) is 6.17. The van der Waals surface area contributed by atoms with Crippen LogP contribution in [0, 0.1) is 5.92 Å².